The third-order valence-corrected chi connectivity index (χ3v) is 8.31. The minimum atomic E-state index is -0.153. The predicted octanol–water partition coefficient (Wildman–Crippen LogP) is 3.20. The highest BCUT2D eigenvalue weighted by Crippen LogP contribution is 2.25. The molecule has 10 heteroatoms. The lowest BCUT2D eigenvalue weighted by molar-refractivity contribution is -0.0820. The van der Waals surface area contributed by atoms with E-state index in [1.165, 1.54) is 17.8 Å². The fourth-order valence-electron chi connectivity index (χ4n) is 5.67. The maximum absolute atomic E-state index is 12.7. The molecule has 6 rings (SSSR count). The largest absolute Gasteiger partial charge is 0.491 e. The second-order valence-corrected chi connectivity index (χ2v) is 10.9. The average Bonchev–Trinajstić information content (AvgIpc) is 3.78. The average molecular weight is 549 g/mol. The van der Waals surface area contributed by atoms with Crippen LogP contribution in [0.5, 0.6) is 5.75 Å². The Morgan fingerprint density at radius 1 is 1.00 bits per heavy atom. The summed E-state index contributed by atoms with van der Waals surface area (Å²) >= 11 is 0. The first kappa shape index (κ1) is 26.9. The molecular formula is C30H40N6O4. The second-order valence-electron chi connectivity index (χ2n) is 10.9. The van der Waals surface area contributed by atoms with E-state index in [9.17, 15) is 4.79 Å². The predicted molar refractivity (Wildman–Crippen MR) is 155 cm³/mol. The minimum Gasteiger partial charge on any atom is -0.491 e. The summed E-state index contributed by atoms with van der Waals surface area (Å²) in [5.74, 6) is 0.849. The summed E-state index contributed by atoms with van der Waals surface area (Å²) < 4.78 is 21.0. The van der Waals surface area contributed by atoms with Crippen molar-refractivity contribution in [2.75, 3.05) is 55.7 Å². The number of rotatable bonds is 9. The van der Waals surface area contributed by atoms with Crippen LogP contribution in [0, 0.1) is 0 Å². The molecule has 0 amide bonds. The lowest BCUT2D eigenvalue weighted by Gasteiger charge is -2.37. The molecule has 1 aromatic heterocycles. The standard InChI is InChI=1S/C30H40N6O4/c1-3-22(2)36-30(37)35(21-32-36)25-8-6-23(7-9-25)33-15-17-34(18-16-33)24-10-12-26(13-11-24)38-19-27-20-39-29(40-27)28-5-4-14-31-28/h6-13,21-22,27-29,31H,3-5,14-20H2,1-2H3/t22?,27-,28?,29?/m1/s1. The summed E-state index contributed by atoms with van der Waals surface area (Å²) in [7, 11) is 0. The lowest BCUT2D eigenvalue weighted by Crippen LogP contribution is -2.46. The normalized spacial score (nSPS) is 24.0. The van der Waals surface area contributed by atoms with Gasteiger partial charge < -0.3 is 29.3 Å². The Kier molecular flexibility index (Phi) is 8.08. The van der Waals surface area contributed by atoms with E-state index in [-0.39, 0.29) is 24.1 Å². The van der Waals surface area contributed by atoms with Gasteiger partial charge in [0.05, 0.1) is 24.4 Å². The van der Waals surface area contributed by atoms with Crippen LogP contribution in [0.2, 0.25) is 0 Å². The fourth-order valence-corrected chi connectivity index (χ4v) is 5.67. The molecule has 0 bridgehead atoms. The first-order valence-electron chi connectivity index (χ1n) is 14.6. The van der Waals surface area contributed by atoms with Crippen LogP contribution in [0.4, 0.5) is 11.4 Å². The molecule has 0 radical (unpaired) electrons. The number of hydrogen-bond acceptors (Lipinski definition) is 8. The van der Waals surface area contributed by atoms with Gasteiger partial charge in [-0.25, -0.2) is 14.0 Å². The third kappa shape index (κ3) is 5.75. The maximum atomic E-state index is 12.7. The van der Waals surface area contributed by atoms with Crippen LogP contribution >= 0.6 is 0 Å². The Labute approximate surface area is 235 Å². The van der Waals surface area contributed by atoms with E-state index >= 15 is 0 Å². The van der Waals surface area contributed by atoms with Crippen LogP contribution in [0.3, 0.4) is 0 Å². The van der Waals surface area contributed by atoms with Crippen molar-refractivity contribution in [3.63, 3.8) is 0 Å². The molecule has 3 unspecified atom stereocenters. The van der Waals surface area contributed by atoms with Crippen molar-refractivity contribution in [3.8, 4) is 11.4 Å². The third-order valence-electron chi connectivity index (χ3n) is 8.31. The summed E-state index contributed by atoms with van der Waals surface area (Å²) in [4.78, 5) is 17.5. The Hall–Kier alpha value is -3.34. The van der Waals surface area contributed by atoms with Crippen LogP contribution < -0.4 is 25.5 Å². The van der Waals surface area contributed by atoms with Crippen molar-refractivity contribution < 1.29 is 14.2 Å². The van der Waals surface area contributed by atoms with E-state index in [0.29, 0.717) is 19.3 Å². The van der Waals surface area contributed by atoms with Gasteiger partial charge in [0.15, 0.2) is 6.29 Å². The van der Waals surface area contributed by atoms with E-state index in [0.717, 1.165) is 57.0 Å². The Morgan fingerprint density at radius 2 is 1.65 bits per heavy atom. The first-order valence-corrected chi connectivity index (χ1v) is 14.6. The molecule has 4 heterocycles. The molecule has 3 saturated heterocycles. The SMILES string of the molecule is CCC(C)n1ncn(-c2ccc(N3CCN(c4ccc(OC[C@@H]5COC(C6CCCN6)O5)cc4)CC3)cc2)c1=O. The topological polar surface area (TPSA) is 86.0 Å². The Balaban J connectivity index is 0.979. The molecule has 0 saturated carbocycles. The highest BCUT2D eigenvalue weighted by atomic mass is 16.7. The summed E-state index contributed by atoms with van der Waals surface area (Å²) in [6.07, 6.45) is 4.58. The molecule has 214 valence electrons. The highest BCUT2D eigenvalue weighted by molar-refractivity contribution is 5.54. The lowest BCUT2D eigenvalue weighted by atomic mass is 10.2. The number of ether oxygens (including phenoxy) is 3. The summed E-state index contributed by atoms with van der Waals surface area (Å²) in [6.45, 7) is 9.92. The first-order chi connectivity index (χ1) is 19.6. The zero-order valence-electron chi connectivity index (χ0n) is 23.4. The zero-order chi connectivity index (χ0) is 27.5. The van der Waals surface area contributed by atoms with Gasteiger partial charge in [0, 0.05) is 37.6 Å². The maximum Gasteiger partial charge on any atom is 0.350 e. The van der Waals surface area contributed by atoms with Crippen LogP contribution in [-0.4, -0.2) is 78.7 Å². The molecule has 0 aliphatic carbocycles. The van der Waals surface area contributed by atoms with E-state index in [1.807, 2.05) is 31.2 Å². The number of benzene rings is 2. The van der Waals surface area contributed by atoms with Crippen LogP contribution in [-0.2, 0) is 9.47 Å². The molecule has 4 atom stereocenters. The van der Waals surface area contributed by atoms with E-state index < -0.39 is 0 Å². The molecule has 3 aliphatic rings. The Morgan fingerprint density at radius 3 is 2.27 bits per heavy atom. The van der Waals surface area contributed by atoms with E-state index in [4.69, 9.17) is 14.2 Å². The van der Waals surface area contributed by atoms with Gasteiger partial charge in [-0.1, -0.05) is 6.92 Å². The zero-order valence-corrected chi connectivity index (χ0v) is 23.4. The van der Waals surface area contributed by atoms with Gasteiger partial charge in [0.1, 0.15) is 24.8 Å². The van der Waals surface area contributed by atoms with Gasteiger partial charge in [-0.15, -0.1) is 0 Å². The van der Waals surface area contributed by atoms with Crippen LogP contribution in [0.25, 0.3) is 5.69 Å². The molecule has 2 aromatic carbocycles. The molecule has 3 aromatic rings. The van der Waals surface area contributed by atoms with Crippen molar-refractivity contribution in [1.29, 1.82) is 0 Å². The molecule has 40 heavy (non-hydrogen) atoms. The summed E-state index contributed by atoms with van der Waals surface area (Å²) in [6, 6.07) is 16.9. The summed E-state index contributed by atoms with van der Waals surface area (Å²) in [5.41, 5.74) is 3.10. The molecule has 1 N–H and O–H groups in total. The van der Waals surface area contributed by atoms with Crippen LogP contribution in [0.1, 0.15) is 39.2 Å². The second kappa shape index (κ2) is 12.0. The van der Waals surface area contributed by atoms with Gasteiger partial charge in [0.25, 0.3) is 0 Å². The van der Waals surface area contributed by atoms with Crippen molar-refractivity contribution in [2.24, 2.45) is 0 Å². The minimum absolute atomic E-state index is 0.0300. The van der Waals surface area contributed by atoms with Gasteiger partial charge in [-0.2, -0.15) is 5.10 Å². The van der Waals surface area contributed by atoms with Gasteiger partial charge >= 0.3 is 5.69 Å². The van der Waals surface area contributed by atoms with Crippen molar-refractivity contribution >= 4 is 11.4 Å². The highest BCUT2D eigenvalue weighted by Gasteiger charge is 2.34. The van der Waals surface area contributed by atoms with Crippen molar-refractivity contribution in [2.45, 2.75) is 57.6 Å². The number of piperazine rings is 1. The molecule has 3 aliphatic heterocycles. The number of hydrogen-bond donors (Lipinski definition) is 1. The van der Waals surface area contributed by atoms with Crippen LogP contribution in [0.15, 0.2) is 59.7 Å². The van der Waals surface area contributed by atoms with E-state index in [1.54, 1.807) is 15.6 Å². The van der Waals surface area contributed by atoms with Gasteiger partial charge in [-0.3, -0.25) is 0 Å². The molecular weight excluding hydrogens is 508 g/mol. The smallest absolute Gasteiger partial charge is 0.350 e. The number of aromatic nitrogens is 3. The number of anilines is 2. The van der Waals surface area contributed by atoms with E-state index in [2.05, 4.69) is 51.4 Å². The monoisotopic (exact) mass is 548 g/mol. The molecule has 3 fully saturated rings. The molecule has 10 nitrogen and oxygen atoms in total. The molecule has 0 spiro atoms. The quantitative estimate of drug-likeness (QED) is 0.437. The van der Waals surface area contributed by atoms with Crippen molar-refractivity contribution in [3.05, 3.63) is 65.3 Å². The Bertz CT molecular complexity index is 1290. The number of nitrogens with zero attached hydrogens (tertiary/aromatic N) is 5. The number of nitrogens with one attached hydrogen (secondary N) is 1. The van der Waals surface area contributed by atoms with Crippen molar-refractivity contribution in [1.82, 2.24) is 19.7 Å². The fraction of sp³-hybridized carbons (Fsp3) is 0.533. The van der Waals surface area contributed by atoms with Gasteiger partial charge in [0.2, 0.25) is 0 Å². The van der Waals surface area contributed by atoms with Gasteiger partial charge in [-0.05, 0) is 81.3 Å². The summed E-state index contributed by atoms with van der Waals surface area (Å²) in [5, 5.41) is 7.74.